The molecule has 3 rings (SSSR count). The van der Waals surface area contributed by atoms with Gasteiger partial charge in [0.2, 0.25) is 0 Å². The molecule has 1 aromatic carbocycles. The molecule has 160 valence electrons. The van der Waals surface area contributed by atoms with Crippen LogP contribution in [0.1, 0.15) is 47.3 Å². The molecule has 1 unspecified atom stereocenters. The van der Waals surface area contributed by atoms with Gasteiger partial charge in [0.15, 0.2) is 0 Å². The Morgan fingerprint density at radius 3 is 2.70 bits per heavy atom. The van der Waals surface area contributed by atoms with Crippen LogP contribution in [-0.2, 0) is 9.73 Å². The van der Waals surface area contributed by atoms with Crippen LogP contribution < -0.4 is 11.1 Å². The number of amides is 1. The maximum atomic E-state index is 14.8. The lowest BCUT2D eigenvalue weighted by atomic mass is 10.1. The van der Waals surface area contributed by atoms with Gasteiger partial charge >= 0.3 is 0 Å². The van der Waals surface area contributed by atoms with Crippen molar-refractivity contribution in [3.8, 4) is 0 Å². The first-order chi connectivity index (χ1) is 14.1. The fourth-order valence-electron chi connectivity index (χ4n) is 3.39. The van der Waals surface area contributed by atoms with E-state index in [0.29, 0.717) is 24.3 Å². The zero-order chi connectivity index (χ0) is 22.1. The van der Waals surface area contributed by atoms with Crippen LogP contribution in [-0.4, -0.2) is 44.3 Å². The molecule has 3 N–H and O–H groups in total. The summed E-state index contributed by atoms with van der Waals surface area (Å²) >= 11 is 0. The number of nitrogens with two attached hydrogens (primary N) is 1. The summed E-state index contributed by atoms with van der Waals surface area (Å²) in [7, 11) is -1.45. The molecule has 1 aliphatic rings. The minimum Gasteiger partial charge on any atom is -0.386 e. The Morgan fingerprint density at radius 2 is 2.07 bits per heavy atom. The number of halogens is 1. The van der Waals surface area contributed by atoms with Crippen molar-refractivity contribution >= 4 is 27.2 Å². The molecule has 0 saturated heterocycles. The van der Waals surface area contributed by atoms with Crippen LogP contribution >= 0.6 is 0 Å². The van der Waals surface area contributed by atoms with Gasteiger partial charge in [-0.25, -0.2) is 17.9 Å². The summed E-state index contributed by atoms with van der Waals surface area (Å²) in [4.78, 5) is 24.5. The number of hydrogen-bond acceptors (Lipinski definition) is 6. The fourth-order valence-corrected chi connectivity index (χ4v) is 6.32. The Kier molecular flexibility index (Phi) is 5.89. The molecule has 0 bridgehead atoms. The van der Waals surface area contributed by atoms with Crippen molar-refractivity contribution in [3.63, 3.8) is 0 Å². The van der Waals surface area contributed by atoms with Gasteiger partial charge < -0.3 is 11.1 Å². The summed E-state index contributed by atoms with van der Waals surface area (Å²) in [6.45, 7) is 5.51. The molecule has 2 aromatic rings. The van der Waals surface area contributed by atoms with Crippen molar-refractivity contribution in [2.45, 2.75) is 37.2 Å². The van der Waals surface area contributed by atoms with Gasteiger partial charge in [-0.1, -0.05) is 0 Å². The van der Waals surface area contributed by atoms with E-state index in [4.69, 9.17) is 5.73 Å². The third-order valence-electron chi connectivity index (χ3n) is 5.26. The third kappa shape index (κ3) is 3.79. The first kappa shape index (κ1) is 21.8. The molecule has 30 heavy (non-hydrogen) atoms. The Bertz CT molecular complexity index is 1120. The Balaban J connectivity index is 1.95. The lowest BCUT2D eigenvalue weighted by Gasteiger charge is -2.31. The quantitative estimate of drug-likeness (QED) is 0.556. The van der Waals surface area contributed by atoms with Gasteiger partial charge in [-0.2, -0.15) is 0 Å². The van der Waals surface area contributed by atoms with Crippen LogP contribution in [0.2, 0.25) is 0 Å². The number of carbonyl (C=O) groups excluding carboxylic acids is 1. The van der Waals surface area contributed by atoms with E-state index in [1.54, 1.807) is 20.8 Å². The summed E-state index contributed by atoms with van der Waals surface area (Å²) in [5.41, 5.74) is 7.43. The number of anilines is 1. The zero-order valence-electron chi connectivity index (χ0n) is 17.3. The largest absolute Gasteiger partial charge is 0.386 e. The molecular formula is C20H25FN6O2S. The van der Waals surface area contributed by atoms with Gasteiger partial charge in [-0.3, -0.25) is 14.8 Å². The van der Waals surface area contributed by atoms with Gasteiger partial charge in [-0.05, 0) is 45.4 Å². The summed E-state index contributed by atoms with van der Waals surface area (Å²) in [6.07, 6.45) is 3.27. The zero-order valence-corrected chi connectivity index (χ0v) is 18.2. The maximum Gasteiger partial charge on any atom is 0.275 e. The van der Waals surface area contributed by atoms with E-state index >= 15 is 0 Å². The number of rotatable bonds is 5. The second-order valence-electron chi connectivity index (χ2n) is 7.55. The lowest BCUT2D eigenvalue weighted by Crippen LogP contribution is -2.46. The average molecular weight is 433 g/mol. The highest BCUT2D eigenvalue weighted by atomic mass is 32.2. The number of nitrogens with one attached hydrogen (secondary N) is 1. The van der Waals surface area contributed by atoms with Crippen LogP contribution in [0.25, 0.3) is 0 Å². The first-order valence-corrected chi connectivity index (χ1v) is 11.0. The smallest absolute Gasteiger partial charge is 0.275 e. The van der Waals surface area contributed by atoms with Crippen LogP contribution in [0.4, 0.5) is 10.1 Å². The van der Waals surface area contributed by atoms with Crippen molar-refractivity contribution in [1.29, 1.82) is 0 Å². The van der Waals surface area contributed by atoms with E-state index in [2.05, 4.69) is 24.6 Å². The molecule has 0 fully saturated rings. The summed E-state index contributed by atoms with van der Waals surface area (Å²) in [6, 6.07) is 4.18. The van der Waals surface area contributed by atoms with Crippen molar-refractivity contribution in [3.05, 3.63) is 53.4 Å². The van der Waals surface area contributed by atoms with Gasteiger partial charge in [0.1, 0.15) is 22.1 Å². The number of aliphatic imine (C=N–C) groups is 1. The van der Waals surface area contributed by atoms with Crippen molar-refractivity contribution in [1.82, 2.24) is 9.97 Å². The van der Waals surface area contributed by atoms with Gasteiger partial charge in [0.05, 0.1) is 26.9 Å². The van der Waals surface area contributed by atoms with E-state index in [-0.39, 0.29) is 17.1 Å². The number of nitrogens with zero attached hydrogens (tertiary/aromatic N) is 4. The number of carbonyl (C=O) groups is 1. The minimum atomic E-state index is -2.97. The summed E-state index contributed by atoms with van der Waals surface area (Å²) in [5, 5.41) is 2.01. The van der Waals surface area contributed by atoms with Gasteiger partial charge in [0.25, 0.3) is 5.91 Å². The van der Waals surface area contributed by atoms with Crippen molar-refractivity contribution < 1.29 is 13.4 Å². The van der Waals surface area contributed by atoms with Crippen molar-refractivity contribution in [2.75, 3.05) is 18.9 Å². The second kappa shape index (κ2) is 8.10. The lowest BCUT2D eigenvalue weighted by molar-refractivity contribution is 0.102. The van der Waals surface area contributed by atoms with E-state index in [9.17, 15) is 13.4 Å². The SMILES string of the molecule is C/N=C(/N)C(C)(C)S1(=O)=NCC[C@H]1c1cc(NC(=O)c2cnc(C)cn2)ccc1F. The molecular weight excluding hydrogens is 407 g/mol. The number of aromatic nitrogens is 2. The molecule has 0 aliphatic carbocycles. The molecule has 0 saturated carbocycles. The highest BCUT2D eigenvalue weighted by Gasteiger charge is 2.45. The molecule has 1 amide bonds. The maximum absolute atomic E-state index is 14.8. The molecule has 0 radical (unpaired) electrons. The number of hydrogen-bond donors (Lipinski definition) is 2. The normalized spacial score (nSPS) is 21.9. The van der Waals surface area contributed by atoms with Crippen LogP contribution in [0, 0.1) is 12.7 Å². The van der Waals surface area contributed by atoms with Crippen LogP contribution in [0.15, 0.2) is 39.9 Å². The first-order valence-electron chi connectivity index (χ1n) is 9.43. The number of amidine groups is 1. The van der Waals surface area contributed by atoms with E-state index in [1.165, 1.54) is 37.6 Å². The van der Waals surface area contributed by atoms with E-state index in [1.807, 2.05) is 0 Å². The summed E-state index contributed by atoms with van der Waals surface area (Å²) in [5.74, 6) is -0.786. The van der Waals surface area contributed by atoms with E-state index < -0.39 is 31.5 Å². The predicted octanol–water partition coefficient (Wildman–Crippen LogP) is 2.85. The Labute approximate surface area is 175 Å². The molecule has 0 spiro atoms. The van der Waals surface area contributed by atoms with Crippen molar-refractivity contribution in [2.24, 2.45) is 15.1 Å². The monoisotopic (exact) mass is 432 g/mol. The standard InChI is InChI=1S/C20H25FN6O2S/c1-12-10-25-16(11-24-12)18(28)27-13-5-6-15(21)14(9-13)17-7-8-26-30(17,29)20(2,3)19(22)23-4/h5-6,9-11,17H,7-8H2,1-4H3,(H2,22,23)(H,27,28)/t17-,30?/m0/s1. The Hall–Kier alpha value is -2.88. The van der Waals surface area contributed by atoms with E-state index in [0.717, 1.165) is 0 Å². The van der Waals surface area contributed by atoms with Gasteiger partial charge in [-0.15, -0.1) is 0 Å². The second-order valence-corrected chi connectivity index (χ2v) is 10.5. The molecule has 1 aliphatic heterocycles. The van der Waals surface area contributed by atoms with Gasteiger partial charge in [0, 0.05) is 31.0 Å². The molecule has 1 aromatic heterocycles. The predicted molar refractivity (Wildman–Crippen MR) is 116 cm³/mol. The third-order valence-corrected chi connectivity index (χ3v) is 8.76. The highest BCUT2D eigenvalue weighted by Crippen LogP contribution is 2.42. The topological polar surface area (TPSA) is 123 Å². The highest BCUT2D eigenvalue weighted by molar-refractivity contribution is 7.96. The molecule has 10 heteroatoms. The van der Waals surface area contributed by atoms with Crippen LogP contribution in [0.5, 0.6) is 0 Å². The molecule has 8 nitrogen and oxygen atoms in total. The summed E-state index contributed by atoms with van der Waals surface area (Å²) < 4.78 is 32.0. The number of aryl methyl sites for hydroxylation is 1. The van der Waals surface area contributed by atoms with Crippen LogP contribution in [0.3, 0.4) is 0 Å². The molecule has 2 heterocycles. The molecule has 2 atom stereocenters. The fraction of sp³-hybridized carbons (Fsp3) is 0.400. The number of benzene rings is 1. The average Bonchev–Trinajstić information content (AvgIpc) is 3.12. The minimum absolute atomic E-state index is 0.138. The Morgan fingerprint density at radius 1 is 1.33 bits per heavy atom.